The number of carbonyl (C=O) groups excluding carboxylic acids is 1. The number of nitrogens with zero attached hydrogens (tertiary/aromatic N) is 1. The van der Waals surface area contributed by atoms with Crippen LogP contribution < -0.4 is 0 Å². The lowest BCUT2D eigenvalue weighted by atomic mass is 10.6. The summed E-state index contributed by atoms with van der Waals surface area (Å²) in [5.41, 5.74) is 0. The Balaban J connectivity index is 4.05. The van der Waals surface area contributed by atoms with Crippen LogP contribution in [-0.2, 0) is 13.9 Å². The van der Waals surface area contributed by atoms with Crippen molar-refractivity contribution in [1.82, 2.24) is 4.90 Å². The maximum Gasteiger partial charge on any atom is 0.231 e. The van der Waals surface area contributed by atoms with Crippen molar-refractivity contribution in [3.63, 3.8) is 0 Å². The van der Waals surface area contributed by atoms with E-state index in [1.165, 1.54) is 18.7 Å². The molecule has 0 aliphatic carbocycles. The molecule has 1 unspecified atom stereocenters. The van der Waals surface area contributed by atoms with E-state index in [-0.39, 0.29) is 12.1 Å². The first-order chi connectivity index (χ1) is 4.89. The van der Waals surface area contributed by atoms with Crippen molar-refractivity contribution in [2.75, 3.05) is 34.0 Å². The zero-order valence-electron chi connectivity index (χ0n) is 7.33. The molecule has 0 aliphatic heterocycles. The molecule has 0 heterocycles. The van der Waals surface area contributed by atoms with Gasteiger partial charge < -0.3 is 9.42 Å². The molecule has 11 heavy (non-hydrogen) atoms. The average molecular weight is 179 g/mol. The quantitative estimate of drug-likeness (QED) is 0.597. The molecule has 5 heteroatoms. The van der Waals surface area contributed by atoms with Crippen LogP contribution in [0.1, 0.15) is 0 Å². The van der Waals surface area contributed by atoms with Gasteiger partial charge in [-0.25, -0.2) is 0 Å². The first-order valence-electron chi connectivity index (χ1n) is 3.21. The van der Waals surface area contributed by atoms with Crippen LogP contribution in [0.2, 0.25) is 0 Å². The number of carbonyl (C=O) groups is 1. The van der Waals surface area contributed by atoms with Crippen molar-refractivity contribution in [1.29, 1.82) is 0 Å². The van der Waals surface area contributed by atoms with Crippen molar-refractivity contribution >= 4 is 13.3 Å². The minimum atomic E-state index is -2.67. The Labute approximate surface area is 67.0 Å². The van der Waals surface area contributed by atoms with Crippen LogP contribution in [0.15, 0.2) is 0 Å². The summed E-state index contributed by atoms with van der Waals surface area (Å²) in [6.07, 6.45) is -0.0174. The fourth-order valence-electron chi connectivity index (χ4n) is 0.452. The molecule has 0 aliphatic rings. The third kappa shape index (κ3) is 4.17. The van der Waals surface area contributed by atoms with Crippen LogP contribution in [-0.4, -0.2) is 44.8 Å². The van der Waals surface area contributed by atoms with E-state index < -0.39 is 7.37 Å². The van der Waals surface area contributed by atoms with Gasteiger partial charge in [0.15, 0.2) is 0 Å². The summed E-state index contributed by atoms with van der Waals surface area (Å²) in [5, 5.41) is 0. The molecule has 0 spiro atoms. The predicted molar refractivity (Wildman–Crippen MR) is 44.1 cm³/mol. The standard InChI is InChI=1S/C6H14NO3P/c1-7(2)6(8)5-11(4,9)10-3/h5H2,1-4H3. The summed E-state index contributed by atoms with van der Waals surface area (Å²) in [6, 6.07) is 0. The Bertz CT molecular complexity index is 190. The van der Waals surface area contributed by atoms with Gasteiger partial charge in [-0.1, -0.05) is 0 Å². The van der Waals surface area contributed by atoms with Crippen molar-refractivity contribution in [2.45, 2.75) is 0 Å². The minimum absolute atomic E-state index is 0.0174. The first kappa shape index (κ1) is 10.7. The monoisotopic (exact) mass is 179 g/mol. The van der Waals surface area contributed by atoms with Gasteiger partial charge in [-0.15, -0.1) is 0 Å². The first-order valence-corrected chi connectivity index (χ1v) is 5.47. The van der Waals surface area contributed by atoms with Gasteiger partial charge in [-0.2, -0.15) is 0 Å². The smallest absolute Gasteiger partial charge is 0.231 e. The normalized spacial score (nSPS) is 15.6. The molecule has 4 nitrogen and oxygen atoms in total. The highest BCUT2D eigenvalue weighted by atomic mass is 31.2. The molecule has 0 rings (SSSR count). The third-order valence-corrected chi connectivity index (χ3v) is 2.92. The number of rotatable bonds is 3. The number of amides is 1. The molecule has 0 aromatic rings. The Morgan fingerprint density at radius 2 is 2.00 bits per heavy atom. The molecule has 1 atom stereocenters. The second kappa shape index (κ2) is 3.88. The van der Waals surface area contributed by atoms with Gasteiger partial charge in [0.25, 0.3) is 0 Å². The topological polar surface area (TPSA) is 46.6 Å². The van der Waals surface area contributed by atoms with E-state index in [1.54, 1.807) is 14.1 Å². The van der Waals surface area contributed by atoms with Gasteiger partial charge >= 0.3 is 0 Å². The molecule has 66 valence electrons. The van der Waals surface area contributed by atoms with E-state index in [1.807, 2.05) is 0 Å². The van der Waals surface area contributed by atoms with E-state index in [4.69, 9.17) is 0 Å². The Morgan fingerprint density at radius 1 is 1.55 bits per heavy atom. The SMILES string of the molecule is COP(C)(=O)CC(=O)N(C)C. The lowest BCUT2D eigenvalue weighted by Gasteiger charge is -2.13. The number of hydrogen-bond acceptors (Lipinski definition) is 3. The van der Waals surface area contributed by atoms with Crippen LogP contribution >= 0.6 is 7.37 Å². The van der Waals surface area contributed by atoms with Gasteiger partial charge in [0, 0.05) is 27.9 Å². The second-order valence-corrected chi connectivity index (χ2v) is 5.35. The van der Waals surface area contributed by atoms with Crippen LogP contribution in [0.3, 0.4) is 0 Å². The summed E-state index contributed by atoms with van der Waals surface area (Å²) in [7, 11) is 1.92. The van der Waals surface area contributed by atoms with Gasteiger partial charge in [0.1, 0.15) is 6.16 Å². The third-order valence-electron chi connectivity index (χ3n) is 1.31. The van der Waals surface area contributed by atoms with E-state index >= 15 is 0 Å². The Morgan fingerprint density at radius 3 is 2.27 bits per heavy atom. The lowest BCUT2D eigenvalue weighted by Crippen LogP contribution is -2.24. The van der Waals surface area contributed by atoms with Gasteiger partial charge in [-0.3, -0.25) is 9.36 Å². The highest BCUT2D eigenvalue weighted by Crippen LogP contribution is 2.40. The predicted octanol–water partition coefficient (Wildman–Crippen LogP) is 0.629. The lowest BCUT2D eigenvalue weighted by molar-refractivity contribution is -0.126. The van der Waals surface area contributed by atoms with Crippen LogP contribution in [0.4, 0.5) is 0 Å². The summed E-state index contributed by atoms with van der Waals surface area (Å²) >= 11 is 0. The second-order valence-electron chi connectivity index (χ2n) is 2.64. The minimum Gasteiger partial charge on any atom is -0.348 e. The van der Waals surface area contributed by atoms with Crippen molar-refractivity contribution in [2.24, 2.45) is 0 Å². The van der Waals surface area contributed by atoms with Gasteiger partial charge in [-0.05, 0) is 0 Å². The fourth-order valence-corrected chi connectivity index (χ4v) is 1.36. The maximum absolute atomic E-state index is 11.2. The number of hydrogen-bond donors (Lipinski definition) is 0. The van der Waals surface area contributed by atoms with Crippen LogP contribution in [0.25, 0.3) is 0 Å². The van der Waals surface area contributed by atoms with Gasteiger partial charge in [0.05, 0.1) is 0 Å². The zero-order valence-corrected chi connectivity index (χ0v) is 8.22. The van der Waals surface area contributed by atoms with Crippen LogP contribution in [0.5, 0.6) is 0 Å². The molecule has 0 aromatic heterocycles. The van der Waals surface area contributed by atoms with E-state index in [0.29, 0.717) is 0 Å². The molecule has 1 amide bonds. The molecule has 0 N–H and O–H groups in total. The summed E-state index contributed by atoms with van der Waals surface area (Å²) < 4.78 is 15.9. The molecule has 0 radical (unpaired) electrons. The average Bonchev–Trinajstić information content (AvgIpc) is 1.87. The Kier molecular flexibility index (Phi) is 3.76. The van der Waals surface area contributed by atoms with E-state index in [2.05, 4.69) is 4.52 Å². The summed E-state index contributed by atoms with van der Waals surface area (Å²) in [5.74, 6) is -0.169. The largest absolute Gasteiger partial charge is 0.348 e. The summed E-state index contributed by atoms with van der Waals surface area (Å²) in [6.45, 7) is 1.45. The zero-order chi connectivity index (χ0) is 9.07. The fraction of sp³-hybridized carbons (Fsp3) is 0.833. The van der Waals surface area contributed by atoms with E-state index in [0.717, 1.165) is 0 Å². The van der Waals surface area contributed by atoms with Crippen molar-refractivity contribution in [3.05, 3.63) is 0 Å². The molecule has 0 bridgehead atoms. The molecule has 0 saturated heterocycles. The molecular formula is C6H14NO3P. The molecule has 0 fully saturated rings. The van der Waals surface area contributed by atoms with Crippen LogP contribution in [0, 0.1) is 0 Å². The summed E-state index contributed by atoms with van der Waals surface area (Å²) in [4.78, 5) is 12.4. The van der Waals surface area contributed by atoms with E-state index in [9.17, 15) is 9.36 Å². The molecule has 0 saturated carbocycles. The molecular weight excluding hydrogens is 165 g/mol. The highest BCUT2D eigenvalue weighted by Gasteiger charge is 2.19. The maximum atomic E-state index is 11.2. The van der Waals surface area contributed by atoms with Crippen molar-refractivity contribution in [3.8, 4) is 0 Å². The van der Waals surface area contributed by atoms with Gasteiger partial charge in [0.2, 0.25) is 13.3 Å². The Hall–Kier alpha value is -0.340. The molecule has 0 aromatic carbocycles. The highest BCUT2D eigenvalue weighted by molar-refractivity contribution is 7.59. The van der Waals surface area contributed by atoms with Crippen molar-refractivity contribution < 1.29 is 13.9 Å².